The quantitative estimate of drug-likeness (QED) is 0.475. The molecule has 4 rings (SSSR count). The molecule has 9 heteroatoms. The summed E-state index contributed by atoms with van der Waals surface area (Å²) in [5, 5.41) is 7.21. The fourth-order valence-electron chi connectivity index (χ4n) is 4.45. The minimum absolute atomic E-state index is 0.00145. The molecule has 1 aliphatic rings. The van der Waals surface area contributed by atoms with Crippen LogP contribution in [0.1, 0.15) is 31.5 Å². The molecule has 1 unspecified atom stereocenters. The molecule has 35 heavy (non-hydrogen) atoms. The van der Waals surface area contributed by atoms with Crippen molar-refractivity contribution in [2.24, 2.45) is 0 Å². The van der Waals surface area contributed by atoms with Crippen LogP contribution in [0.4, 0.5) is 5.69 Å². The van der Waals surface area contributed by atoms with Crippen LogP contribution in [0.5, 0.6) is 0 Å². The van der Waals surface area contributed by atoms with Crippen LogP contribution < -0.4 is 15.9 Å². The summed E-state index contributed by atoms with van der Waals surface area (Å²) < 4.78 is 8.12. The normalized spacial score (nSPS) is 15.4. The van der Waals surface area contributed by atoms with Crippen LogP contribution in [0.2, 0.25) is 0 Å². The summed E-state index contributed by atoms with van der Waals surface area (Å²) in [6, 6.07) is 17.6. The molecule has 1 fully saturated rings. The second-order valence-corrected chi connectivity index (χ2v) is 8.96. The Morgan fingerprint density at radius 3 is 2.26 bits per heavy atom. The molecule has 1 atom stereocenters. The number of anilines is 1. The van der Waals surface area contributed by atoms with Crippen molar-refractivity contribution in [3.8, 4) is 5.69 Å². The summed E-state index contributed by atoms with van der Waals surface area (Å²) in [6.45, 7) is 7.99. The molecule has 186 valence electrons. The van der Waals surface area contributed by atoms with Gasteiger partial charge in [-0.2, -0.15) is 5.10 Å². The molecule has 1 aromatic heterocycles. The van der Waals surface area contributed by atoms with E-state index >= 15 is 0 Å². The summed E-state index contributed by atoms with van der Waals surface area (Å²) in [5.41, 5.74) is 2.74. The van der Waals surface area contributed by atoms with Crippen molar-refractivity contribution in [2.75, 3.05) is 51.3 Å². The van der Waals surface area contributed by atoms with Gasteiger partial charge in [0, 0.05) is 45.5 Å². The van der Waals surface area contributed by atoms with Crippen LogP contribution in [0.15, 0.2) is 65.7 Å². The van der Waals surface area contributed by atoms with Gasteiger partial charge in [-0.1, -0.05) is 30.3 Å². The van der Waals surface area contributed by atoms with Crippen molar-refractivity contribution in [2.45, 2.75) is 25.9 Å². The summed E-state index contributed by atoms with van der Waals surface area (Å²) in [6.07, 6.45) is 1.57. The van der Waals surface area contributed by atoms with E-state index in [4.69, 9.17) is 4.74 Å². The maximum atomic E-state index is 13.1. The second-order valence-electron chi connectivity index (χ2n) is 8.96. The van der Waals surface area contributed by atoms with Gasteiger partial charge in [-0.15, -0.1) is 0 Å². The van der Waals surface area contributed by atoms with Crippen LogP contribution in [-0.4, -0.2) is 71.6 Å². The number of benzene rings is 2. The molecular weight excluding hydrogens is 444 g/mol. The number of aromatic nitrogens is 3. The fourth-order valence-corrected chi connectivity index (χ4v) is 4.45. The first-order valence-corrected chi connectivity index (χ1v) is 12.1. The number of piperazine rings is 1. The number of hydrogen-bond donors (Lipinski definition) is 1. The lowest BCUT2D eigenvalue weighted by Crippen LogP contribution is -2.51. The van der Waals surface area contributed by atoms with Gasteiger partial charge < -0.3 is 15.0 Å². The number of rotatable bonds is 9. The van der Waals surface area contributed by atoms with Crippen LogP contribution in [0.3, 0.4) is 0 Å². The van der Waals surface area contributed by atoms with Gasteiger partial charge in [0.2, 0.25) is 5.91 Å². The molecular formula is C26H34N6O3. The van der Waals surface area contributed by atoms with Crippen molar-refractivity contribution >= 4 is 11.6 Å². The van der Waals surface area contributed by atoms with Crippen molar-refractivity contribution in [3.63, 3.8) is 0 Å². The summed E-state index contributed by atoms with van der Waals surface area (Å²) in [5.74, 6) is -0.00145. The molecule has 0 saturated carbocycles. The second kappa shape index (κ2) is 11.3. The zero-order valence-corrected chi connectivity index (χ0v) is 20.6. The summed E-state index contributed by atoms with van der Waals surface area (Å²) in [7, 11) is 1.63. The highest BCUT2D eigenvalue weighted by Gasteiger charge is 2.30. The summed E-state index contributed by atoms with van der Waals surface area (Å²) >= 11 is 0. The highest BCUT2D eigenvalue weighted by molar-refractivity contribution is 5.83. The average Bonchev–Trinajstić information content (AvgIpc) is 3.27. The molecule has 9 nitrogen and oxygen atoms in total. The Hall–Kier alpha value is -3.43. The third-order valence-corrected chi connectivity index (χ3v) is 6.32. The molecule has 0 radical (unpaired) electrons. The number of amides is 1. The Bertz CT molecular complexity index is 1150. The molecule has 2 heterocycles. The molecule has 2 aromatic carbocycles. The maximum absolute atomic E-state index is 13.1. The van der Waals surface area contributed by atoms with Gasteiger partial charge in [-0.05, 0) is 43.7 Å². The smallest absolute Gasteiger partial charge is 0.350 e. The topological polar surface area (TPSA) is 84.6 Å². The maximum Gasteiger partial charge on any atom is 0.350 e. The first-order chi connectivity index (χ1) is 17.0. The number of nitrogens with zero attached hydrogens (tertiary/aromatic N) is 5. The minimum atomic E-state index is -0.332. The standard InChI is InChI=1S/C26H34N6O3/c1-20(2)32-26(34)31(19-28-32)23-11-9-22(10-12-23)29-14-16-30(17-15-29)24(21-7-5-4-6-8-21)25(33)27-13-18-35-3/h4-12,19-20,24H,13-18H2,1-3H3,(H,27,33). The number of hydrogen-bond acceptors (Lipinski definition) is 6. The van der Waals surface area contributed by atoms with Gasteiger partial charge in [0.05, 0.1) is 18.3 Å². The van der Waals surface area contributed by atoms with Crippen molar-refractivity contribution < 1.29 is 9.53 Å². The molecule has 0 spiro atoms. The minimum Gasteiger partial charge on any atom is -0.383 e. The third kappa shape index (κ3) is 5.63. The first kappa shape index (κ1) is 24.7. The number of carbonyl (C=O) groups is 1. The van der Waals surface area contributed by atoms with E-state index in [1.54, 1.807) is 18.0 Å². The van der Waals surface area contributed by atoms with Gasteiger partial charge in [-0.3, -0.25) is 9.69 Å². The van der Waals surface area contributed by atoms with Crippen molar-refractivity contribution in [3.05, 3.63) is 77.0 Å². The van der Waals surface area contributed by atoms with E-state index in [0.717, 1.165) is 43.1 Å². The molecule has 1 amide bonds. The zero-order chi connectivity index (χ0) is 24.8. The highest BCUT2D eigenvalue weighted by atomic mass is 16.5. The average molecular weight is 479 g/mol. The van der Waals surface area contributed by atoms with E-state index in [1.807, 2.05) is 68.4 Å². The predicted octanol–water partition coefficient (Wildman–Crippen LogP) is 2.24. The van der Waals surface area contributed by atoms with Gasteiger partial charge in [0.1, 0.15) is 12.4 Å². The Balaban J connectivity index is 1.43. The monoisotopic (exact) mass is 478 g/mol. The van der Waals surface area contributed by atoms with E-state index in [9.17, 15) is 9.59 Å². The Morgan fingerprint density at radius 1 is 1.00 bits per heavy atom. The largest absolute Gasteiger partial charge is 0.383 e. The van der Waals surface area contributed by atoms with Crippen molar-refractivity contribution in [1.82, 2.24) is 24.6 Å². The third-order valence-electron chi connectivity index (χ3n) is 6.32. The first-order valence-electron chi connectivity index (χ1n) is 12.1. The zero-order valence-electron chi connectivity index (χ0n) is 20.6. The molecule has 0 aliphatic carbocycles. The molecule has 1 N–H and O–H groups in total. The molecule has 0 bridgehead atoms. The summed E-state index contributed by atoms with van der Waals surface area (Å²) in [4.78, 5) is 30.2. The lowest BCUT2D eigenvalue weighted by Gasteiger charge is -2.39. The SMILES string of the molecule is COCCNC(=O)C(c1ccccc1)N1CCN(c2ccc(-n3cnn(C(C)C)c3=O)cc2)CC1. The van der Waals surface area contributed by atoms with Crippen LogP contribution in [0.25, 0.3) is 5.69 Å². The molecule has 1 saturated heterocycles. The Labute approximate surface area is 205 Å². The van der Waals surface area contributed by atoms with E-state index in [-0.39, 0.29) is 23.7 Å². The Kier molecular flexibility index (Phi) is 7.99. The molecule has 1 aliphatic heterocycles. The lowest BCUT2D eigenvalue weighted by molar-refractivity contribution is -0.127. The number of carbonyl (C=O) groups excluding carboxylic acids is 1. The van der Waals surface area contributed by atoms with Crippen LogP contribution >= 0.6 is 0 Å². The van der Waals surface area contributed by atoms with E-state index in [2.05, 4.69) is 20.2 Å². The number of ether oxygens (including phenoxy) is 1. The highest BCUT2D eigenvalue weighted by Crippen LogP contribution is 2.25. The fraction of sp³-hybridized carbons (Fsp3) is 0.423. The van der Waals surface area contributed by atoms with Crippen LogP contribution in [0, 0.1) is 0 Å². The van der Waals surface area contributed by atoms with Gasteiger partial charge in [0.25, 0.3) is 0 Å². The van der Waals surface area contributed by atoms with Crippen LogP contribution in [-0.2, 0) is 9.53 Å². The Morgan fingerprint density at radius 2 is 1.66 bits per heavy atom. The number of methoxy groups -OCH3 is 1. The van der Waals surface area contributed by atoms with Gasteiger partial charge in [0.15, 0.2) is 0 Å². The van der Waals surface area contributed by atoms with E-state index < -0.39 is 0 Å². The van der Waals surface area contributed by atoms with Gasteiger partial charge in [-0.25, -0.2) is 14.0 Å². The van der Waals surface area contributed by atoms with E-state index in [0.29, 0.717) is 13.2 Å². The lowest BCUT2D eigenvalue weighted by atomic mass is 10.0. The number of nitrogens with one attached hydrogen (secondary N) is 1. The van der Waals surface area contributed by atoms with E-state index in [1.165, 1.54) is 4.68 Å². The van der Waals surface area contributed by atoms with Gasteiger partial charge >= 0.3 is 5.69 Å². The predicted molar refractivity (Wildman–Crippen MR) is 136 cm³/mol. The van der Waals surface area contributed by atoms with Crippen molar-refractivity contribution in [1.29, 1.82) is 0 Å². The molecule has 3 aromatic rings.